The molecular formula is C19H28N6O. The van der Waals surface area contributed by atoms with Crippen molar-refractivity contribution in [1.29, 1.82) is 0 Å². The first-order valence-corrected chi connectivity index (χ1v) is 9.18. The number of aryl methyl sites for hydroxylation is 1. The van der Waals surface area contributed by atoms with Gasteiger partial charge in [0.2, 0.25) is 0 Å². The number of imidazole rings is 1. The summed E-state index contributed by atoms with van der Waals surface area (Å²) in [5.41, 5.74) is 1.21. The van der Waals surface area contributed by atoms with Crippen molar-refractivity contribution < 1.29 is 4.79 Å². The third-order valence-corrected chi connectivity index (χ3v) is 4.87. The van der Waals surface area contributed by atoms with Gasteiger partial charge in [0.25, 0.3) is 0 Å². The number of carbonyl (C=O) groups excluding carboxylic acids is 1. The van der Waals surface area contributed by atoms with E-state index in [1.165, 1.54) is 5.56 Å². The lowest BCUT2D eigenvalue weighted by Crippen LogP contribution is -2.52. The van der Waals surface area contributed by atoms with E-state index in [0.29, 0.717) is 0 Å². The highest BCUT2D eigenvalue weighted by Crippen LogP contribution is 2.20. The minimum atomic E-state index is -0.0871. The molecule has 3 heterocycles. The van der Waals surface area contributed by atoms with Crippen molar-refractivity contribution in [2.45, 2.75) is 26.4 Å². The summed E-state index contributed by atoms with van der Waals surface area (Å²) in [6.07, 6.45) is 7.37. The van der Waals surface area contributed by atoms with Gasteiger partial charge >= 0.3 is 6.03 Å². The molecule has 0 saturated carbocycles. The molecule has 1 N–H and O–H groups in total. The Morgan fingerprint density at radius 3 is 2.58 bits per heavy atom. The molecule has 1 aliphatic rings. The maximum Gasteiger partial charge on any atom is 0.318 e. The summed E-state index contributed by atoms with van der Waals surface area (Å²) in [5.74, 6) is 1.16. The molecule has 3 rings (SSSR count). The van der Waals surface area contributed by atoms with E-state index in [2.05, 4.69) is 40.1 Å². The molecule has 2 aromatic heterocycles. The minimum absolute atomic E-state index is 0.00673. The topological polar surface area (TPSA) is 66.3 Å². The van der Waals surface area contributed by atoms with Gasteiger partial charge in [-0.05, 0) is 17.5 Å². The average molecular weight is 356 g/mol. The summed E-state index contributed by atoms with van der Waals surface area (Å²) in [6, 6.07) is 3.96. The van der Waals surface area contributed by atoms with Crippen molar-refractivity contribution in [3.8, 4) is 0 Å². The van der Waals surface area contributed by atoms with Crippen LogP contribution in [0, 0.1) is 5.92 Å². The van der Waals surface area contributed by atoms with E-state index in [4.69, 9.17) is 0 Å². The van der Waals surface area contributed by atoms with Crippen molar-refractivity contribution in [2.75, 3.05) is 26.2 Å². The summed E-state index contributed by atoms with van der Waals surface area (Å²) in [6.45, 7) is 8.30. The van der Waals surface area contributed by atoms with Crippen LogP contribution in [0.15, 0.2) is 36.9 Å². The lowest BCUT2D eigenvalue weighted by Gasteiger charge is -2.36. The zero-order valence-electron chi connectivity index (χ0n) is 15.8. The van der Waals surface area contributed by atoms with Crippen LogP contribution in [0.5, 0.6) is 0 Å². The molecule has 0 unspecified atom stereocenters. The summed E-state index contributed by atoms with van der Waals surface area (Å²) < 4.78 is 1.97. The van der Waals surface area contributed by atoms with Crippen molar-refractivity contribution >= 4 is 6.03 Å². The molecule has 0 aliphatic carbocycles. The van der Waals surface area contributed by atoms with E-state index in [1.807, 2.05) is 35.0 Å². The molecule has 1 atom stereocenters. The number of hydrogen-bond donors (Lipinski definition) is 1. The molecule has 7 heteroatoms. The molecule has 26 heavy (non-hydrogen) atoms. The highest BCUT2D eigenvalue weighted by molar-refractivity contribution is 5.74. The lowest BCUT2D eigenvalue weighted by molar-refractivity contribution is 0.131. The molecule has 2 amide bonds. The summed E-state index contributed by atoms with van der Waals surface area (Å²) in [7, 11) is 1.96. The van der Waals surface area contributed by atoms with Crippen LogP contribution in [-0.2, 0) is 13.6 Å². The first kappa shape index (κ1) is 18.4. The SMILES string of the molecule is CC(C)[C@H](NC(=O)N1CCN(Cc2cccnc2)CC1)c1nccn1C. The Morgan fingerprint density at radius 2 is 2.00 bits per heavy atom. The molecule has 1 aliphatic heterocycles. The fourth-order valence-corrected chi connectivity index (χ4v) is 3.29. The largest absolute Gasteiger partial charge is 0.336 e. The number of carbonyl (C=O) groups is 1. The Hall–Kier alpha value is -2.41. The molecule has 1 saturated heterocycles. The van der Waals surface area contributed by atoms with Crippen LogP contribution in [0.3, 0.4) is 0 Å². The Labute approximate surface area is 155 Å². The first-order valence-electron chi connectivity index (χ1n) is 9.18. The van der Waals surface area contributed by atoms with Gasteiger partial charge in [-0.25, -0.2) is 9.78 Å². The molecule has 0 aromatic carbocycles. The molecular weight excluding hydrogens is 328 g/mol. The summed E-state index contributed by atoms with van der Waals surface area (Å²) >= 11 is 0. The number of amides is 2. The number of urea groups is 1. The highest BCUT2D eigenvalue weighted by Gasteiger charge is 2.26. The van der Waals surface area contributed by atoms with Crippen LogP contribution in [0.2, 0.25) is 0 Å². The second-order valence-electron chi connectivity index (χ2n) is 7.19. The predicted molar refractivity (Wildman–Crippen MR) is 100 cm³/mol. The van der Waals surface area contributed by atoms with Gasteiger partial charge in [0.15, 0.2) is 0 Å². The number of hydrogen-bond acceptors (Lipinski definition) is 4. The van der Waals surface area contributed by atoms with Crippen LogP contribution in [0.1, 0.15) is 31.3 Å². The molecule has 0 spiro atoms. The van der Waals surface area contributed by atoms with Crippen LogP contribution < -0.4 is 5.32 Å². The smallest absolute Gasteiger partial charge is 0.318 e. The number of pyridine rings is 1. The van der Waals surface area contributed by atoms with Gasteiger partial charge in [-0.3, -0.25) is 9.88 Å². The molecule has 0 radical (unpaired) electrons. The van der Waals surface area contributed by atoms with Gasteiger partial charge in [-0.2, -0.15) is 0 Å². The van der Waals surface area contributed by atoms with Crippen LogP contribution >= 0.6 is 0 Å². The van der Waals surface area contributed by atoms with Crippen LogP contribution in [0.4, 0.5) is 4.79 Å². The number of nitrogens with zero attached hydrogens (tertiary/aromatic N) is 5. The van der Waals surface area contributed by atoms with Crippen molar-refractivity contribution in [3.05, 3.63) is 48.3 Å². The Kier molecular flexibility index (Phi) is 5.88. The fraction of sp³-hybridized carbons (Fsp3) is 0.526. The number of aromatic nitrogens is 3. The van der Waals surface area contributed by atoms with E-state index in [9.17, 15) is 4.79 Å². The van der Waals surface area contributed by atoms with Crippen molar-refractivity contribution in [1.82, 2.24) is 29.7 Å². The molecule has 140 valence electrons. The molecule has 1 fully saturated rings. The number of piperazine rings is 1. The monoisotopic (exact) mass is 356 g/mol. The molecule has 0 bridgehead atoms. The minimum Gasteiger partial charge on any atom is -0.336 e. The third kappa shape index (κ3) is 4.40. The zero-order valence-corrected chi connectivity index (χ0v) is 15.8. The summed E-state index contributed by atoms with van der Waals surface area (Å²) in [4.78, 5) is 25.6. The van der Waals surface area contributed by atoms with E-state index in [-0.39, 0.29) is 18.0 Å². The second kappa shape index (κ2) is 8.31. The van der Waals surface area contributed by atoms with Crippen LogP contribution in [-0.4, -0.2) is 56.5 Å². The van der Waals surface area contributed by atoms with Gasteiger partial charge in [-0.15, -0.1) is 0 Å². The normalized spacial score (nSPS) is 16.7. The average Bonchev–Trinajstić information content (AvgIpc) is 3.06. The van der Waals surface area contributed by atoms with E-state index < -0.39 is 0 Å². The molecule has 7 nitrogen and oxygen atoms in total. The summed E-state index contributed by atoms with van der Waals surface area (Å²) in [5, 5.41) is 3.17. The van der Waals surface area contributed by atoms with E-state index in [0.717, 1.165) is 38.5 Å². The van der Waals surface area contributed by atoms with Crippen molar-refractivity contribution in [2.24, 2.45) is 13.0 Å². The third-order valence-electron chi connectivity index (χ3n) is 4.87. The quantitative estimate of drug-likeness (QED) is 0.890. The van der Waals surface area contributed by atoms with Gasteiger partial charge in [-0.1, -0.05) is 19.9 Å². The molecule has 2 aromatic rings. The van der Waals surface area contributed by atoms with E-state index >= 15 is 0 Å². The maximum absolute atomic E-state index is 12.7. The van der Waals surface area contributed by atoms with Gasteiger partial charge in [0, 0.05) is 64.6 Å². The van der Waals surface area contributed by atoms with Gasteiger partial charge in [0.1, 0.15) is 5.82 Å². The fourth-order valence-electron chi connectivity index (χ4n) is 3.29. The lowest BCUT2D eigenvalue weighted by atomic mass is 10.0. The maximum atomic E-state index is 12.7. The van der Waals surface area contributed by atoms with E-state index in [1.54, 1.807) is 12.4 Å². The van der Waals surface area contributed by atoms with Crippen molar-refractivity contribution in [3.63, 3.8) is 0 Å². The first-order chi connectivity index (χ1) is 12.5. The zero-order chi connectivity index (χ0) is 18.5. The highest BCUT2D eigenvalue weighted by atomic mass is 16.2. The number of rotatable bonds is 5. The Bertz CT molecular complexity index is 706. The van der Waals surface area contributed by atoms with Gasteiger partial charge < -0.3 is 14.8 Å². The number of nitrogens with one attached hydrogen (secondary N) is 1. The standard InChI is InChI=1S/C19H28N6O/c1-15(2)17(18-21-7-8-23(18)3)22-19(26)25-11-9-24(10-12-25)14-16-5-4-6-20-13-16/h4-8,13,15,17H,9-12,14H2,1-3H3,(H,22,26)/t17-/m0/s1. The van der Waals surface area contributed by atoms with Crippen LogP contribution in [0.25, 0.3) is 0 Å². The van der Waals surface area contributed by atoms with Gasteiger partial charge in [0.05, 0.1) is 6.04 Å². The Balaban J connectivity index is 1.54. The Morgan fingerprint density at radius 1 is 1.23 bits per heavy atom. The second-order valence-corrected chi connectivity index (χ2v) is 7.19. The predicted octanol–water partition coefficient (Wildman–Crippen LogP) is 2.04.